The molecular weight excluding hydrogens is 255 g/mol. The second-order valence-corrected chi connectivity index (χ2v) is 6.32. The number of hydrogen-bond donors (Lipinski definition) is 1. The van der Waals surface area contributed by atoms with E-state index in [2.05, 4.69) is 4.98 Å². The molecule has 0 unspecified atom stereocenters. The van der Waals surface area contributed by atoms with Crippen LogP contribution < -0.4 is 11.2 Å². The van der Waals surface area contributed by atoms with Crippen molar-refractivity contribution < 1.29 is 9.31 Å². The third-order valence-corrected chi connectivity index (χ3v) is 4.48. The molecule has 0 aliphatic carbocycles. The van der Waals surface area contributed by atoms with Crippen LogP contribution in [-0.4, -0.2) is 27.9 Å². The highest BCUT2D eigenvalue weighted by Crippen LogP contribution is 2.36. The summed E-state index contributed by atoms with van der Waals surface area (Å²) in [6.45, 7) is 8.06. The molecule has 6 heteroatoms. The van der Waals surface area contributed by atoms with E-state index in [1.54, 1.807) is 11.6 Å². The number of aromatic amines is 1. The summed E-state index contributed by atoms with van der Waals surface area (Å²) in [5.74, 6) is 0. The third kappa shape index (κ3) is 1.75. The number of nitrogens with zero attached hydrogens (tertiary/aromatic N) is 1. The lowest BCUT2D eigenvalue weighted by Gasteiger charge is -2.32. The highest BCUT2D eigenvalue weighted by atomic mass is 16.7. The number of rotatable bonds is 1. The Kier molecular flexibility index (Phi) is 2.69. The normalized spacial score (nSPS) is 20.8. The van der Waals surface area contributed by atoms with E-state index in [9.17, 15) is 4.79 Å². The van der Waals surface area contributed by atoms with Crippen LogP contribution in [0, 0.1) is 0 Å². The molecule has 1 aromatic heterocycles. The van der Waals surface area contributed by atoms with Crippen LogP contribution in [-0.2, 0) is 16.4 Å². The molecule has 1 fully saturated rings. The number of fused-ring (bicyclic) bond motifs is 1. The molecule has 0 radical (unpaired) electrons. The molecule has 1 aliphatic heterocycles. The number of aromatic nitrogens is 2. The Morgan fingerprint density at radius 3 is 2.35 bits per heavy atom. The van der Waals surface area contributed by atoms with Gasteiger partial charge in [-0.15, -0.1) is 0 Å². The van der Waals surface area contributed by atoms with E-state index >= 15 is 0 Å². The zero-order valence-corrected chi connectivity index (χ0v) is 12.5. The summed E-state index contributed by atoms with van der Waals surface area (Å²) in [6.07, 6.45) is 0. The Labute approximate surface area is 118 Å². The quantitative estimate of drug-likeness (QED) is 0.794. The standard InChI is InChI=1S/C14H19BN2O3/c1-13(2)14(3,4)20-15(19-13)9-7-6-8-10-11(9)16-12(18)17(10)5/h6-8H,1-5H3,(H,16,18). The molecule has 0 atom stereocenters. The van der Waals surface area contributed by atoms with Gasteiger partial charge in [-0.05, 0) is 33.8 Å². The van der Waals surface area contributed by atoms with Crippen molar-refractivity contribution in [3.05, 3.63) is 28.7 Å². The van der Waals surface area contributed by atoms with Crippen molar-refractivity contribution in [3.8, 4) is 0 Å². The van der Waals surface area contributed by atoms with Crippen molar-refractivity contribution in [2.24, 2.45) is 7.05 Å². The molecule has 0 spiro atoms. The first-order valence-corrected chi connectivity index (χ1v) is 6.76. The maximum atomic E-state index is 11.8. The zero-order chi connectivity index (χ0) is 14.7. The van der Waals surface area contributed by atoms with E-state index in [-0.39, 0.29) is 5.69 Å². The van der Waals surface area contributed by atoms with Gasteiger partial charge in [0.2, 0.25) is 0 Å². The molecule has 1 saturated heterocycles. The number of para-hydroxylation sites is 1. The van der Waals surface area contributed by atoms with Gasteiger partial charge in [0, 0.05) is 12.5 Å². The van der Waals surface area contributed by atoms with Crippen LogP contribution in [0.3, 0.4) is 0 Å². The van der Waals surface area contributed by atoms with Crippen LogP contribution in [0.2, 0.25) is 0 Å². The molecule has 0 bridgehead atoms. The number of nitrogens with one attached hydrogen (secondary N) is 1. The van der Waals surface area contributed by atoms with Crippen molar-refractivity contribution in [2.75, 3.05) is 0 Å². The summed E-state index contributed by atoms with van der Waals surface area (Å²) in [6, 6.07) is 5.75. The maximum Gasteiger partial charge on any atom is 0.497 e. The van der Waals surface area contributed by atoms with Gasteiger partial charge in [0.15, 0.2) is 0 Å². The summed E-state index contributed by atoms with van der Waals surface area (Å²) in [5, 5.41) is 0. The molecule has 0 saturated carbocycles. The molecule has 106 valence electrons. The molecule has 1 aliphatic rings. The van der Waals surface area contributed by atoms with Gasteiger partial charge >= 0.3 is 12.8 Å². The highest BCUT2D eigenvalue weighted by molar-refractivity contribution is 6.64. The van der Waals surface area contributed by atoms with Crippen LogP contribution in [0.25, 0.3) is 11.0 Å². The number of imidazole rings is 1. The molecule has 2 aromatic rings. The van der Waals surface area contributed by atoms with Gasteiger partial charge in [-0.1, -0.05) is 12.1 Å². The third-order valence-electron chi connectivity index (χ3n) is 4.48. The van der Waals surface area contributed by atoms with Gasteiger partial charge in [-0.3, -0.25) is 4.57 Å². The second kappa shape index (κ2) is 3.99. The molecule has 1 aromatic carbocycles. The van der Waals surface area contributed by atoms with E-state index < -0.39 is 18.3 Å². The lowest BCUT2D eigenvalue weighted by Crippen LogP contribution is -2.41. The largest absolute Gasteiger partial charge is 0.497 e. The first-order valence-electron chi connectivity index (χ1n) is 6.76. The summed E-state index contributed by atoms with van der Waals surface area (Å²) in [4.78, 5) is 14.7. The summed E-state index contributed by atoms with van der Waals surface area (Å²) in [7, 11) is 1.27. The topological polar surface area (TPSA) is 56.2 Å². The predicted octanol–water partition coefficient (Wildman–Crippen LogP) is 1.17. The smallest absolute Gasteiger partial charge is 0.399 e. The van der Waals surface area contributed by atoms with E-state index in [1.807, 2.05) is 45.9 Å². The van der Waals surface area contributed by atoms with Gasteiger partial charge in [0.05, 0.1) is 22.2 Å². The minimum Gasteiger partial charge on any atom is -0.399 e. The number of aryl methyl sites for hydroxylation is 1. The number of benzene rings is 1. The van der Waals surface area contributed by atoms with Crippen LogP contribution in [0.15, 0.2) is 23.0 Å². The minimum atomic E-state index is -0.471. The minimum absolute atomic E-state index is 0.135. The van der Waals surface area contributed by atoms with Crippen molar-refractivity contribution in [1.29, 1.82) is 0 Å². The molecule has 5 nitrogen and oxygen atoms in total. The lowest BCUT2D eigenvalue weighted by atomic mass is 9.78. The number of hydrogen-bond acceptors (Lipinski definition) is 3. The highest BCUT2D eigenvalue weighted by Gasteiger charge is 2.52. The summed E-state index contributed by atoms with van der Waals surface area (Å²) < 4.78 is 13.7. The lowest BCUT2D eigenvalue weighted by molar-refractivity contribution is 0.00578. The summed E-state index contributed by atoms with van der Waals surface area (Å²) >= 11 is 0. The van der Waals surface area contributed by atoms with E-state index in [1.165, 1.54) is 0 Å². The Hall–Kier alpha value is -1.53. The monoisotopic (exact) mass is 274 g/mol. The fourth-order valence-corrected chi connectivity index (χ4v) is 2.44. The van der Waals surface area contributed by atoms with Crippen molar-refractivity contribution in [3.63, 3.8) is 0 Å². The molecule has 0 amide bonds. The average Bonchev–Trinajstić information content (AvgIpc) is 2.74. The SMILES string of the molecule is Cn1c(=O)[nH]c2c(B3OC(C)(C)C(C)(C)O3)cccc21. The first-order chi connectivity index (χ1) is 9.23. The molecular formula is C14H19BN2O3. The Morgan fingerprint density at radius 2 is 1.75 bits per heavy atom. The molecule has 20 heavy (non-hydrogen) atoms. The van der Waals surface area contributed by atoms with Crippen LogP contribution in [0.4, 0.5) is 0 Å². The molecule has 1 N–H and O–H groups in total. The Balaban J connectivity index is 2.13. The van der Waals surface area contributed by atoms with Gasteiger partial charge < -0.3 is 14.3 Å². The number of H-pyrrole nitrogens is 1. The zero-order valence-electron chi connectivity index (χ0n) is 12.5. The maximum absolute atomic E-state index is 11.8. The van der Waals surface area contributed by atoms with Crippen LogP contribution in [0.1, 0.15) is 27.7 Å². The fraction of sp³-hybridized carbons (Fsp3) is 0.500. The Morgan fingerprint density at radius 1 is 1.15 bits per heavy atom. The van der Waals surface area contributed by atoms with Gasteiger partial charge in [-0.2, -0.15) is 0 Å². The van der Waals surface area contributed by atoms with Gasteiger partial charge in [0.1, 0.15) is 0 Å². The summed E-state index contributed by atoms with van der Waals surface area (Å²) in [5.41, 5.74) is 1.56. The Bertz CT molecular complexity index is 714. The van der Waals surface area contributed by atoms with Gasteiger partial charge in [0.25, 0.3) is 0 Å². The van der Waals surface area contributed by atoms with E-state index in [0.717, 1.165) is 16.5 Å². The van der Waals surface area contributed by atoms with Crippen LogP contribution in [0.5, 0.6) is 0 Å². The first kappa shape index (κ1) is 13.5. The van der Waals surface area contributed by atoms with E-state index in [4.69, 9.17) is 9.31 Å². The van der Waals surface area contributed by atoms with Crippen LogP contribution >= 0.6 is 0 Å². The average molecular weight is 274 g/mol. The predicted molar refractivity (Wildman–Crippen MR) is 79.3 cm³/mol. The molecule has 3 rings (SSSR count). The molecule has 2 heterocycles. The van der Waals surface area contributed by atoms with Gasteiger partial charge in [-0.25, -0.2) is 4.79 Å². The second-order valence-electron chi connectivity index (χ2n) is 6.32. The van der Waals surface area contributed by atoms with Crippen molar-refractivity contribution in [2.45, 2.75) is 38.9 Å². The van der Waals surface area contributed by atoms with Crippen molar-refractivity contribution >= 4 is 23.6 Å². The van der Waals surface area contributed by atoms with Crippen molar-refractivity contribution in [1.82, 2.24) is 9.55 Å². The fourth-order valence-electron chi connectivity index (χ4n) is 2.44. The van der Waals surface area contributed by atoms with E-state index in [0.29, 0.717) is 0 Å².